The van der Waals surface area contributed by atoms with Crippen LogP contribution in [0, 0.1) is 5.92 Å². The van der Waals surface area contributed by atoms with E-state index in [1.54, 1.807) is 12.1 Å². The van der Waals surface area contributed by atoms with Crippen LogP contribution in [-0.4, -0.2) is 18.2 Å². The molecule has 3 unspecified atom stereocenters. The number of allylic oxidation sites excluding steroid dienone is 2. The summed E-state index contributed by atoms with van der Waals surface area (Å²) < 4.78 is 0. The Morgan fingerprint density at radius 3 is 2.56 bits per heavy atom. The van der Waals surface area contributed by atoms with Gasteiger partial charge in [0.05, 0.1) is 6.04 Å². The molecule has 2 aromatic carbocycles. The molecule has 0 spiro atoms. The van der Waals surface area contributed by atoms with E-state index in [1.165, 1.54) is 22.5 Å². The lowest BCUT2D eigenvalue weighted by Gasteiger charge is -2.38. The van der Waals surface area contributed by atoms with Crippen LogP contribution >= 0.6 is 0 Å². The van der Waals surface area contributed by atoms with Gasteiger partial charge in [-0.1, -0.05) is 24.3 Å². The molecule has 25 heavy (non-hydrogen) atoms. The molecule has 4 rings (SSSR count). The number of anilines is 2. The highest BCUT2D eigenvalue weighted by molar-refractivity contribution is 5.66. The summed E-state index contributed by atoms with van der Waals surface area (Å²) >= 11 is 0. The highest BCUT2D eigenvalue weighted by atomic mass is 16.3. The number of hydrogen-bond acceptors (Lipinski definition) is 3. The van der Waals surface area contributed by atoms with Crippen LogP contribution in [0.2, 0.25) is 0 Å². The van der Waals surface area contributed by atoms with Crippen LogP contribution in [0.15, 0.2) is 54.6 Å². The summed E-state index contributed by atoms with van der Waals surface area (Å²) in [4.78, 5) is 2.40. The van der Waals surface area contributed by atoms with Crippen molar-refractivity contribution in [2.45, 2.75) is 32.2 Å². The van der Waals surface area contributed by atoms with Crippen LogP contribution in [0.3, 0.4) is 0 Å². The van der Waals surface area contributed by atoms with Gasteiger partial charge >= 0.3 is 0 Å². The maximum atomic E-state index is 9.59. The Labute approximate surface area is 150 Å². The van der Waals surface area contributed by atoms with Crippen molar-refractivity contribution in [2.24, 2.45) is 5.92 Å². The van der Waals surface area contributed by atoms with Gasteiger partial charge in [0.2, 0.25) is 0 Å². The highest BCUT2D eigenvalue weighted by Crippen LogP contribution is 2.50. The van der Waals surface area contributed by atoms with Gasteiger partial charge in [0.1, 0.15) is 5.75 Å². The summed E-state index contributed by atoms with van der Waals surface area (Å²) in [6.45, 7) is 6.48. The fourth-order valence-corrected chi connectivity index (χ4v) is 4.38. The largest absolute Gasteiger partial charge is 0.508 e. The fraction of sp³-hybridized carbons (Fsp3) is 0.364. The van der Waals surface area contributed by atoms with Gasteiger partial charge in [0.15, 0.2) is 0 Å². The first kappa shape index (κ1) is 16.1. The average Bonchev–Trinajstić information content (AvgIpc) is 3.13. The van der Waals surface area contributed by atoms with Gasteiger partial charge < -0.3 is 15.3 Å². The van der Waals surface area contributed by atoms with Crippen molar-refractivity contribution in [3.63, 3.8) is 0 Å². The van der Waals surface area contributed by atoms with E-state index in [9.17, 15) is 5.11 Å². The highest BCUT2D eigenvalue weighted by Gasteiger charge is 2.38. The zero-order chi connectivity index (χ0) is 17.4. The first-order valence-corrected chi connectivity index (χ1v) is 9.32. The second kappa shape index (κ2) is 6.47. The molecule has 3 heteroatoms. The van der Waals surface area contributed by atoms with Gasteiger partial charge in [0, 0.05) is 30.4 Å². The van der Waals surface area contributed by atoms with Crippen molar-refractivity contribution in [3.05, 3.63) is 65.7 Å². The summed E-state index contributed by atoms with van der Waals surface area (Å²) in [6.07, 6.45) is 5.80. The van der Waals surface area contributed by atoms with Crippen molar-refractivity contribution in [2.75, 3.05) is 23.3 Å². The first-order valence-electron chi connectivity index (χ1n) is 9.32. The van der Waals surface area contributed by atoms with Crippen LogP contribution < -0.4 is 10.2 Å². The number of phenols is 1. The number of rotatable bonds is 4. The number of hydrogen-bond donors (Lipinski definition) is 2. The molecule has 130 valence electrons. The van der Waals surface area contributed by atoms with Crippen molar-refractivity contribution < 1.29 is 5.11 Å². The molecule has 1 aliphatic heterocycles. The Kier molecular flexibility index (Phi) is 4.16. The number of aromatic hydroxyl groups is 1. The predicted octanol–water partition coefficient (Wildman–Crippen LogP) is 5.06. The zero-order valence-corrected chi connectivity index (χ0v) is 14.9. The molecule has 2 aliphatic rings. The minimum Gasteiger partial charge on any atom is -0.508 e. The lowest BCUT2D eigenvalue weighted by atomic mass is 9.77. The zero-order valence-electron chi connectivity index (χ0n) is 14.9. The third-order valence-corrected chi connectivity index (χ3v) is 5.73. The molecule has 2 aromatic rings. The number of benzene rings is 2. The van der Waals surface area contributed by atoms with Crippen molar-refractivity contribution in [1.29, 1.82) is 0 Å². The topological polar surface area (TPSA) is 35.5 Å². The molecule has 0 aromatic heterocycles. The SMILES string of the molecule is CCN(CC)c1ccc2c(c1)C1C=CCC1C(c1ccc(O)cc1)N2. The Morgan fingerprint density at radius 1 is 1.08 bits per heavy atom. The predicted molar refractivity (Wildman–Crippen MR) is 104 cm³/mol. The molecule has 0 amide bonds. The van der Waals surface area contributed by atoms with Crippen molar-refractivity contribution in [1.82, 2.24) is 0 Å². The Morgan fingerprint density at radius 2 is 1.84 bits per heavy atom. The molecule has 1 heterocycles. The monoisotopic (exact) mass is 334 g/mol. The van der Waals surface area contributed by atoms with Crippen molar-refractivity contribution >= 4 is 11.4 Å². The molecule has 3 atom stereocenters. The summed E-state index contributed by atoms with van der Waals surface area (Å²) in [5.74, 6) is 1.32. The maximum absolute atomic E-state index is 9.59. The normalized spacial score (nSPS) is 23.7. The van der Waals surface area contributed by atoms with Crippen LogP contribution in [0.5, 0.6) is 5.75 Å². The van der Waals surface area contributed by atoms with Crippen molar-refractivity contribution in [3.8, 4) is 5.75 Å². The molecule has 0 saturated heterocycles. The van der Waals surface area contributed by atoms with E-state index in [4.69, 9.17) is 0 Å². The summed E-state index contributed by atoms with van der Waals surface area (Å²) in [7, 11) is 0. The average molecular weight is 334 g/mol. The molecule has 0 bridgehead atoms. The lowest BCUT2D eigenvalue weighted by Crippen LogP contribution is -2.29. The van der Waals surface area contributed by atoms with E-state index in [0.29, 0.717) is 17.6 Å². The van der Waals surface area contributed by atoms with E-state index in [2.05, 4.69) is 54.4 Å². The minimum atomic E-state index is 0.285. The van der Waals surface area contributed by atoms with Crippen LogP contribution in [-0.2, 0) is 0 Å². The third kappa shape index (κ3) is 2.78. The van der Waals surface area contributed by atoms with Gasteiger partial charge in [-0.05, 0) is 67.6 Å². The number of nitrogens with one attached hydrogen (secondary N) is 1. The second-order valence-electron chi connectivity index (χ2n) is 7.01. The van der Waals surface area contributed by atoms with E-state index < -0.39 is 0 Å². The van der Waals surface area contributed by atoms with Gasteiger partial charge in [-0.2, -0.15) is 0 Å². The minimum absolute atomic E-state index is 0.285. The van der Waals surface area contributed by atoms with E-state index in [-0.39, 0.29) is 6.04 Å². The van der Waals surface area contributed by atoms with E-state index in [1.807, 2.05) is 12.1 Å². The Bertz CT molecular complexity index is 777. The smallest absolute Gasteiger partial charge is 0.115 e. The fourth-order valence-electron chi connectivity index (χ4n) is 4.38. The molecular formula is C22H26N2O. The van der Waals surface area contributed by atoms with Gasteiger partial charge in [-0.25, -0.2) is 0 Å². The molecule has 2 N–H and O–H groups in total. The quantitative estimate of drug-likeness (QED) is 0.767. The number of fused-ring (bicyclic) bond motifs is 3. The lowest BCUT2D eigenvalue weighted by molar-refractivity contribution is 0.424. The van der Waals surface area contributed by atoms with E-state index >= 15 is 0 Å². The first-order chi connectivity index (χ1) is 12.2. The number of phenolic OH excluding ortho intramolecular Hbond substituents is 1. The molecule has 0 fully saturated rings. The van der Waals surface area contributed by atoms with E-state index in [0.717, 1.165) is 19.5 Å². The Balaban J connectivity index is 1.72. The standard InChI is InChI=1S/C22H26N2O/c1-3-24(4-2)16-10-13-21-20(14-16)18-6-5-7-19(18)22(23-21)15-8-11-17(25)12-9-15/h5-6,8-14,18-19,22-23,25H,3-4,7H2,1-2H3. The molecule has 3 nitrogen and oxygen atoms in total. The van der Waals surface area contributed by atoms with Crippen LogP contribution in [0.25, 0.3) is 0 Å². The third-order valence-electron chi connectivity index (χ3n) is 5.73. The van der Waals surface area contributed by atoms with Crippen LogP contribution in [0.1, 0.15) is 43.4 Å². The van der Waals surface area contributed by atoms with Gasteiger partial charge in [0.25, 0.3) is 0 Å². The van der Waals surface area contributed by atoms with Gasteiger partial charge in [-0.3, -0.25) is 0 Å². The molecule has 0 radical (unpaired) electrons. The molecule has 0 saturated carbocycles. The second-order valence-corrected chi connectivity index (χ2v) is 7.01. The number of nitrogens with zero attached hydrogens (tertiary/aromatic N) is 1. The maximum Gasteiger partial charge on any atom is 0.115 e. The Hall–Kier alpha value is -2.42. The summed E-state index contributed by atoms with van der Waals surface area (Å²) in [5.41, 5.74) is 5.21. The molecule has 1 aliphatic carbocycles. The van der Waals surface area contributed by atoms with Crippen LogP contribution in [0.4, 0.5) is 11.4 Å². The van der Waals surface area contributed by atoms with Gasteiger partial charge in [-0.15, -0.1) is 0 Å². The summed E-state index contributed by atoms with van der Waals surface area (Å²) in [5, 5.41) is 13.4. The summed E-state index contributed by atoms with van der Waals surface area (Å²) in [6, 6.07) is 14.8. The molecular weight excluding hydrogens is 308 g/mol.